The molecule has 3 aromatic rings. The Morgan fingerprint density at radius 1 is 1.25 bits per heavy atom. The minimum Gasteiger partial charge on any atom is -0.362 e. The normalized spacial score (nSPS) is 10.9. The predicted octanol–water partition coefficient (Wildman–Crippen LogP) is 2.95. The molecule has 0 aromatic carbocycles. The molecular weight excluding hydrogens is 274 g/mol. The lowest BCUT2D eigenvalue weighted by atomic mass is 10.3. The van der Waals surface area contributed by atoms with E-state index < -0.39 is 0 Å². The fraction of sp³-hybridized carbons (Fsp3) is 0.308. The summed E-state index contributed by atoms with van der Waals surface area (Å²) >= 11 is 1.65. The highest BCUT2D eigenvalue weighted by Gasteiger charge is 2.10. The van der Waals surface area contributed by atoms with E-state index in [2.05, 4.69) is 38.7 Å². The SMILES string of the molecule is CNc1nc(NCc2cc(C)no2)c2cc(C)sc2n1. The van der Waals surface area contributed by atoms with Crippen LogP contribution in [0.5, 0.6) is 0 Å². The molecule has 0 spiro atoms. The van der Waals surface area contributed by atoms with Gasteiger partial charge >= 0.3 is 0 Å². The van der Waals surface area contributed by atoms with Crippen molar-refractivity contribution in [2.24, 2.45) is 0 Å². The average Bonchev–Trinajstić information content (AvgIpc) is 3.00. The molecule has 0 saturated heterocycles. The van der Waals surface area contributed by atoms with E-state index in [0.29, 0.717) is 12.5 Å². The fourth-order valence-corrected chi connectivity index (χ4v) is 2.84. The number of fused-ring (bicyclic) bond motifs is 1. The maximum Gasteiger partial charge on any atom is 0.225 e. The van der Waals surface area contributed by atoms with Crippen molar-refractivity contribution < 1.29 is 4.52 Å². The minimum atomic E-state index is 0.547. The number of nitrogens with one attached hydrogen (secondary N) is 2. The van der Waals surface area contributed by atoms with Gasteiger partial charge in [-0.3, -0.25) is 0 Å². The molecule has 20 heavy (non-hydrogen) atoms. The van der Waals surface area contributed by atoms with Crippen molar-refractivity contribution in [2.45, 2.75) is 20.4 Å². The molecule has 7 heteroatoms. The summed E-state index contributed by atoms with van der Waals surface area (Å²) in [6, 6.07) is 4.00. The van der Waals surface area contributed by atoms with Gasteiger partial charge in [-0.15, -0.1) is 11.3 Å². The van der Waals surface area contributed by atoms with Gasteiger partial charge in [0.2, 0.25) is 5.95 Å². The van der Waals surface area contributed by atoms with Crippen LogP contribution < -0.4 is 10.6 Å². The Morgan fingerprint density at radius 2 is 2.10 bits per heavy atom. The van der Waals surface area contributed by atoms with Gasteiger partial charge < -0.3 is 15.2 Å². The number of hydrogen-bond donors (Lipinski definition) is 2. The first-order chi connectivity index (χ1) is 9.65. The Labute approximate surface area is 120 Å². The fourth-order valence-electron chi connectivity index (χ4n) is 1.96. The van der Waals surface area contributed by atoms with Gasteiger partial charge in [-0.05, 0) is 19.9 Å². The van der Waals surface area contributed by atoms with Gasteiger partial charge in [0, 0.05) is 18.0 Å². The molecule has 104 valence electrons. The van der Waals surface area contributed by atoms with Crippen LogP contribution in [-0.2, 0) is 6.54 Å². The molecule has 0 aliphatic carbocycles. The zero-order chi connectivity index (χ0) is 14.1. The third kappa shape index (κ3) is 2.44. The average molecular weight is 289 g/mol. The van der Waals surface area contributed by atoms with Crippen LogP contribution in [-0.4, -0.2) is 22.2 Å². The van der Waals surface area contributed by atoms with Gasteiger partial charge in [0.15, 0.2) is 5.76 Å². The lowest BCUT2D eigenvalue weighted by molar-refractivity contribution is 0.384. The van der Waals surface area contributed by atoms with Gasteiger partial charge in [0.05, 0.1) is 17.6 Å². The molecule has 0 atom stereocenters. The Hall–Kier alpha value is -2.15. The van der Waals surface area contributed by atoms with Crippen molar-refractivity contribution in [1.29, 1.82) is 0 Å². The predicted molar refractivity (Wildman–Crippen MR) is 80.3 cm³/mol. The molecule has 0 aliphatic rings. The van der Waals surface area contributed by atoms with Crippen LogP contribution in [0.25, 0.3) is 10.2 Å². The highest BCUT2D eigenvalue weighted by atomic mass is 32.1. The third-order valence-electron chi connectivity index (χ3n) is 2.85. The van der Waals surface area contributed by atoms with E-state index in [9.17, 15) is 0 Å². The van der Waals surface area contributed by atoms with E-state index in [1.807, 2.05) is 20.0 Å². The maximum absolute atomic E-state index is 5.19. The molecular formula is C13H15N5OS. The second kappa shape index (κ2) is 5.09. The highest BCUT2D eigenvalue weighted by molar-refractivity contribution is 7.18. The van der Waals surface area contributed by atoms with Crippen molar-refractivity contribution in [3.05, 3.63) is 28.5 Å². The van der Waals surface area contributed by atoms with Crippen molar-refractivity contribution in [3.8, 4) is 0 Å². The van der Waals surface area contributed by atoms with E-state index >= 15 is 0 Å². The summed E-state index contributed by atoms with van der Waals surface area (Å²) in [5.41, 5.74) is 0.872. The Bertz CT molecular complexity index is 748. The monoisotopic (exact) mass is 289 g/mol. The number of anilines is 2. The molecule has 0 aliphatic heterocycles. The second-order valence-electron chi connectivity index (χ2n) is 4.51. The van der Waals surface area contributed by atoms with Crippen molar-refractivity contribution >= 4 is 33.3 Å². The van der Waals surface area contributed by atoms with Crippen LogP contribution in [0.15, 0.2) is 16.7 Å². The van der Waals surface area contributed by atoms with Gasteiger partial charge in [-0.1, -0.05) is 5.16 Å². The van der Waals surface area contributed by atoms with Crippen LogP contribution in [0.1, 0.15) is 16.3 Å². The molecule has 3 rings (SSSR count). The van der Waals surface area contributed by atoms with Gasteiger partial charge in [0.1, 0.15) is 10.6 Å². The zero-order valence-corrected chi connectivity index (χ0v) is 12.3. The van der Waals surface area contributed by atoms with E-state index in [-0.39, 0.29) is 0 Å². The van der Waals surface area contributed by atoms with E-state index in [1.165, 1.54) is 4.88 Å². The summed E-state index contributed by atoms with van der Waals surface area (Å²) < 4.78 is 5.19. The minimum absolute atomic E-state index is 0.547. The number of hydrogen-bond acceptors (Lipinski definition) is 7. The number of thiophene rings is 1. The van der Waals surface area contributed by atoms with E-state index in [0.717, 1.165) is 27.5 Å². The molecule has 0 fully saturated rings. The first-order valence-electron chi connectivity index (χ1n) is 6.27. The molecule has 0 unspecified atom stereocenters. The van der Waals surface area contributed by atoms with Crippen molar-refractivity contribution in [1.82, 2.24) is 15.1 Å². The quantitative estimate of drug-likeness (QED) is 0.769. The number of rotatable bonds is 4. The first kappa shape index (κ1) is 12.9. The lowest BCUT2D eigenvalue weighted by Crippen LogP contribution is -2.04. The Balaban J connectivity index is 1.92. The molecule has 0 radical (unpaired) electrons. The maximum atomic E-state index is 5.19. The van der Waals surface area contributed by atoms with Crippen molar-refractivity contribution in [2.75, 3.05) is 17.7 Å². The molecule has 6 nitrogen and oxygen atoms in total. The van der Waals surface area contributed by atoms with Crippen LogP contribution in [0.3, 0.4) is 0 Å². The number of aromatic nitrogens is 3. The van der Waals surface area contributed by atoms with Gasteiger partial charge in [-0.2, -0.15) is 4.98 Å². The molecule has 2 N–H and O–H groups in total. The summed E-state index contributed by atoms with van der Waals surface area (Å²) in [5.74, 6) is 2.19. The number of nitrogens with zero attached hydrogens (tertiary/aromatic N) is 3. The Morgan fingerprint density at radius 3 is 2.80 bits per heavy atom. The lowest BCUT2D eigenvalue weighted by Gasteiger charge is -2.06. The third-order valence-corrected chi connectivity index (χ3v) is 3.79. The number of aryl methyl sites for hydroxylation is 2. The topological polar surface area (TPSA) is 75.9 Å². The summed E-state index contributed by atoms with van der Waals surface area (Å²) in [6.07, 6.45) is 0. The zero-order valence-electron chi connectivity index (χ0n) is 11.5. The van der Waals surface area contributed by atoms with Crippen LogP contribution in [0.4, 0.5) is 11.8 Å². The molecule has 3 aromatic heterocycles. The van der Waals surface area contributed by atoms with Crippen LogP contribution in [0.2, 0.25) is 0 Å². The summed E-state index contributed by atoms with van der Waals surface area (Å²) in [5, 5.41) is 11.2. The van der Waals surface area contributed by atoms with Crippen LogP contribution in [0, 0.1) is 13.8 Å². The van der Waals surface area contributed by atoms with Gasteiger partial charge in [0.25, 0.3) is 0 Å². The molecule has 0 bridgehead atoms. The smallest absolute Gasteiger partial charge is 0.225 e. The highest BCUT2D eigenvalue weighted by Crippen LogP contribution is 2.29. The summed E-state index contributed by atoms with van der Waals surface area (Å²) in [6.45, 7) is 4.51. The first-order valence-corrected chi connectivity index (χ1v) is 7.09. The molecule has 0 saturated carbocycles. The molecule has 0 amide bonds. The Kier molecular flexibility index (Phi) is 3.27. The van der Waals surface area contributed by atoms with E-state index in [4.69, 9.17) is 4.52 Å². The van der Waals surface area contributed by atoms with Crippen LogP contribution >= 0.6 is 11.3 Å². The largest absolute Gasteiger partial charge is 0.362 e. The second-order valence-corrected chi connectivity index (χ2v) is 5.74. The standard InChI is InChI=1S/C13H15N5OS/c1-7-4-9(19-18-7)6-15-11-10-5-8(2)20-12(10)17-13(14-3)16-11/h4-5H,6H2,1-3H3,(H2,14,15,16,17). The molecule has 3 heterocycles. The van der Waals surface area contributed by atoms with Gasteiger partial charge in [-0.25, -0.2) is 4.98 Å². The van der Waals surface area contributed by atoms with E-state index in [1.54, 1.807) is 11.3 Å². The van der Waals surface area contributed by atoms with Crippen molar-refractivity contribution in [3.63, 3.8) is 0 Å². The summed E-state index contributed by atoms with van der Waals surface area (Å²) in [4.78, 5) is 11.1. The summed E-state index contributed by atoms with van der Waals surface area (Å²) in [7, 11) is 1.81.